The van der Waals surface area contributed by atoms with Gasteiger partial charge in [0.2, 0.25) is 0 Å². The van der Waals surface area contributed by atoms with Gasteiger partial charge in [0.25, 0.3) is 0 Å². The van der Waals surface area contributed by atoms with E-state index in [-0.39, 0.29) is 6.10 Å². The molecule has 0 aromatic heterocycles. The number of rotatable bonds is 4. The van der Waals surface area contributed by atoms with Gasteiger partial charge in [-0.25, -0.2) is 0 Å². The van der Waals surface area contributed by atoms with Crippen molar-refractivity contribution in [1.29, 1.82) is 5.26 Å². The number of aliphatic hydroxyl groups is 2. The Hall–Kier alpha value is -1.41. The Labute approximate surface area is 101 Å². The summed E-state index contributed by atoms with van der Waals surface area (Å²) in [5.41, 5.74) is 1.40. The minimum Gasteiger partial charge on any atom is -0.393 e. The number of benzene rings is 1. The van der Waals surface area contributed by atoms with Crippen LogP contribution in [0.4, 0.5) is 0 Å². The van der Waals surface area contributed by atoms with Crippen LogP contribution in [0.5, 0.6) is 0 Å². The van der Waals surface area contributed by atoms with Crippen LogP contribution in [0.3, 0.4) is 0 Å². The molecule has 1 saturated carbocycles. The molecule has 0 radical (unpaired) electrons. The van der Waals surface area contributed by atoms with Crippen LogP contribution < -0.4 is 5.32 Å². The lowest BCUT2D eigenvalue weighted by molar-refractivity contribution is 0.0551. The van der Waals surface area contributed by atoms with E-state index in [1.165, 1.54) is 0 Å². The molecule has 0 bridgehead atoms. The molecular weight excluding hydrogens is 216 g/mol. The summed E-state index contributed by atoms with van der Waals surface area (Å²) < 4.78 is 0. The average Bonchev–Trinajstić information content (AvgIpc) is 2.33. The van der Waals surface area contributed by atoms with Gasteiger partial charge in [-0.1, -0.05) is 12.1 Å². The first kappa shape index (κ1) is 12.1. The van der Waals surface area contributed by atoms with Gasteiger partial charge in [0.15, 0.2) is 0 Å². The molecule has 0 aliphatic heterocycles. The minimum atomic E-state index is -0.569. The minimum absolute atomic E-state index is 0.181. The van der Waals surface area contributed by atoms with Crippen molar-refractivity contribution in [3.63, 3.8) is 0 Å². The summed E-state index contributed by atoms with van der Waals surface area (Å²) in [5.74, 6) is 0. The Balaban J connectivity index is 1.82. The average molecular weight is 232 g/mol. The maximum Gasteiger partial charge on any atom is 0.0991 e. The van der Waals surface area contributed by atoms with Gasteiger partial charge in [-0.15, -0.1) is 0 Å². The first-order chi connectivity index (χ1) is 8.19. The maximum atomic E-state index is 9.91. The summed E-state index contributed by atoms with van der Waals surface area (Å²) in [6.07, 6.45) is 0.778. The zero-order chi connectivity index (χ0) is 12.3. The van der Waals surface area contributed by atoms with E-state index in [0.717, 1.165) is 18.4 Å². The molecule has 17 heavy (non-hydrogen) atoms. The third kappa shape index (κ3) is 3.04. The molecule has 1 aliphatic carbocycles. The number of nitrogens with zero attached hydrogens (tertiary/aromatic N) is 1. The highest BCUT2D eigenvalue weighted by Crippen LogP contribution is 2.20. The molecule has 0 spiro atoms. The molecule has 0 amide bonds. The van der Waals surface area contributed by atoms with Gasteiger partial charge >= 0.3 is 0 Å². The molecule has 0 heterocycles. The maximum absolute atomic E-state index is 9.91. The monoisotopic (exact) mass is 232 g/mol. The van der Waals surface area contributed by atoms with Crippen molar-refractivity contribution < 1.29 is 10.2 Å². The summed E-state index contributed by atoms with van der Waals surface area (Å²) in [6, 6.07) is 9.29. The molecule has 4 nitrogen and oxygen atoms in total. The first-order valence-electron chi connectivity index (χ1n) is 5.78. The van der Waals surface area contributed by atoms with Crippen molar-refractivity contribution in [1.82, 2.24) is 5.32 Å². The van der Waals surface area contributed by atoms with Crippen LogP contribution in [0.15, 0.2) is 24.3 Å². The Morgan fingerprint density at radius 3 is 2.53 bits per heavy atom. The molecule has 1 aromatic carbocycles. The molecule has 1 aliphatic rings. The van der Waals surface area contributed by atoms with Crippen LogP contribution in [-0.4, -0.2) is 28.9 Å². The quantitative estimate of drug-likeness (QED) is 0.714. The Morgan fingerprint density at radius 2 is 2.00 bits per heavy atom. The molecule has 90 valence electrons. The van der Waals surface area contributed by atoms with E-state index < -0.39 is 6.10 Å². The fourth-order valence-corrected chi connectivity index (χ4v) is 1.93. The van der Waals surface area contributed by atoms with Gasteiger partial charge in [0.05, 0.1) is 23.8 Å². The van der Waals surface area contributed by atoms with Gasteiger partial charge in [0.1, 0.15) is 0 Å². The van der Waals surface area contributed by atoms with Gasteiger partial charge < -0.3 is 15.5 Å². The van der Waals surface area contributed by atoms with E-state index in [0.29, 0.717) is 18.2 Å². The molecule has 1 fully saturated rings. The van der Waals surface area contributed by atoms with Crippen molar-refractivity contribution in [2.45, 2.75) is 31.1 Å². The van der Waals surface area contributed by atoms with Crippen LogP contribution >= 0.6 is 0 Å². The van der Waals surface area contributed by atoms with Crippen LogP contribution in [0.1, 0.15) is 30.1 Å². The fourth-order valence-electron chi connectivity index (χ4n) is 1.93. The lowest BCUT2D eigenvalue weighted by Crippen LogP contribution is -2.45. The SMILES string of the molecule is N#Cc1ccc(C(O)CNC2CC(O)C2)cc1. The number of hydrogen-bond acceptors (Lipinski definition) is 4. The second-order valence-corrected chi connectivity index (χ2v) is 4.48. The zero-order valence-electron chi connectivity index (χ0n) is 9.50. The molecule has 0 saturated heterocycles. The Kier molecular flexibility index (Phi) is 3.75. The number of hydrogen-bond donors (Lipinski definition) is 3. The number of nitrogens with one attached hydrogen (secondary N) is 1. The second-order valence-electron chi connectivity index (χ2n) is 4.48. The highest BCUT2D eigenvalue weighted by Gasteiger charge is 2.26. The molecule has 2 rings (SSSR count). The molecular formula is C13H16N2O2. The largest absolute Gasteiger partial charge is 0.393 e. The lowest BCUT2D eigenvalue weighted by Gasteiger charge is -2.32. The first-order valence-corrected chi connectivity index (χ1v) is 5.78. The summed E-state index contributed by atoms with van der Waals surface area (Å²) in [5, 5.41) is 30.9. The number of aliphatic hydroxyl groups excluding tert-OH is 2. The zero-order valence-corrected chi connectivity index (χ0v) is 9.50. The summed E-state index contributed by atoms with van der Waals surface area (Å²) in [7, 11) is 0. The Bertz CT molecular complexity index is 404. The van der Waals surface area contributed by atoms with Crippen molar-refractivity contribution in [2.24, 2.45) is 0 Å². The van der Waals surface area contributed by atoms with E-state index in [1.54, 1.807) is 24.3 Å². The molecule has 1 aromatic rings. The lowest BCUT2D eigenvalue weighted by atomic mass is 9.89. The predicted octanol–water partition coefficient (Wildman–Crippen LogP) is 0.705. The van der Waals surface area contributed by atoms with Crippen LogP contribution in [0, 0.1) is 11.3 Å². The van der Waals surface area contributed by atoms with Crippen LogP contribution in [0.2, 0.25) is 0 Å². The summed E-state index contributed by atoms with van der Waals surface area (Å²) in [6.45, 7) is 0.475. The summed E-state index contributed by atoms with van der Waals surface area (Å²) >= 11 is 0. The van der Waals surface area contributed by atoms with E-state index in [2.05, 4.69) is 5.32 Å². The van der Waals surface area contributed by atoms with Crippen LogP contribution in [0.25, 0.3) is 0 Å². The molecule has 1 unspecified atom stereocenters. The van der Waals surface area contributed by atoms with Crippen molar-refractivity contribution in [3.8, 4) is 6.07 Å². The topological polar surface area (TPSA) is 76.3 Å². The number of nitriles is 1. The normalized spacial score (nSPS) is 24.8. The third-order valence-electron chi connectivity index (χ3n) is 3.14. The van der Waals surface area contributed by atoms with E-state index in [1.807, 2.05) is 6.07 Å². The second kappa shape index (κ2) is 5.28. The van der Waals surface area contributed by atoms with Gasteiger partial charge in [0, 0.05) is 12.6 Å². The molecule has 3 N–H and O–H groups in total. The van der Waals surface area contributed by atoms with Gasteiger partial charge in [-0.3, -0.25) is 0 Å². The summed E-state index contributed by atoms with van der Waals surface area (Å²) in [4.78, 5) is 0. The standard InChI is InChI=1S/C13H16N2O2/c14-7-9-1-3-10(4-2-9)13(17)8-15-11-5-12(16)6-11/h1-4,11-13,15-17H,5-6,8H2. The van der Waals surface area contributed by atoms with E-state index >= 15 is 0 Å². The van der Waals surface area contributed by atoms with Gasteiger partial charge in [-0.2, -0.15) is 5.26 Å². The van der Waals surface area contributed by atoms with Crippen LogP contribution in [-0.2, 0) is 0 Å². The van der Waals surface area contributed by atoms with E-state index in [4.69, 9.17) is 10.4 Å². The van der Waals surface area contributed by atoms with Gasteiger partial charge in [-0.05, 0) is 30.5 Å². The highest BCUT2D eigenvalue weighted by atomic mass is 16.3. The fraction of sp³-hybridized carbons (Fsp3) is 0.462. The molecule has 1 atom stereocenters. The van der Waals surface area contributed by atoms with E-state index in [9.17, 15) is 5.11 Å². The van der Waals surface area contributed by atoms with Crippen molar-refractivity contribution in [3.05, 3.63) is 35.4 Å². The third-order valence-corrected chi connectivity index (χ3v) is 3.14. The van der Waals surface area contributed by atoms with Crippen molar-refractivity contribution >= 4 is 0 Å². The molecule has 4 heteroatoms. The van der Waals surface area contributed by atoms with Crippen molar-refractivity contribution in [2.75, 3.05) is 6.54 Å². The smallest absolute Gasteiger partial charge is 0.0991 e. The predicted molar refractivity (Wildman–Crippen MR) is 63.1 cm³/mol. The highest BCUT2D eigenvalue weighted by molar-refractivity contribution is 5.32. The Morgan fingerprint density at radius 1 is 1.35 bits per heavy atom.